The summed E-state index contributed by atoms with van der Waals surface area (Å²) < 4.78 is 3.31. The van der Waals surface area contributed by atoms with E-state index in [-0.39, 0.29) is 5.56 Å². The van der Waals surface area contributed by atoms with E-state index in [0.29, 0.717) is 22.1 Å². The van der Waals surface area contributed by atoms with Crippen LogP contribution < -0.4 is 5.56 Å². The van der Waals surface area contributed by atoms with Crippen LogP contribution in [0.25, 0.3) is 22.4 Å². The van der Waals surface area contributed by atoms with E-state index in [1.54, 1.807) is 21.5 Å². The minimum atomic E-state index is -0.146. The van der Waals surface area contributed by atoms with Crippen LogP contribution in [0.3, 0.4) is 0 Å². The summed E-state index contributed by atoms with van der Waals surface area (Å²) in [6.07, 6.45) is 9.34. The molecule has 1 fully saturated rings. The molecule has 3 heterocycles. The third-order valence-electron chi connectivity index (χ3n) is 5.72. The van der Waals surface area contributed by atoms with Crippen LogP contribution in [0.2, 0.25) is 5.02 Å². The van der Waals surface area contributed by atoms with E-state index >= 15 is 0 Å². The summed E-state index contributed by atoms with van der Waals surface area (Å²) in [5.74, 6) is 1.78. The largest absolute Gasteiger partial charge is 0.283 e. The molecule has 0 spiro atoms. The van der Waals surface area contributed by atoms with Crippen molar-refractivity contribution >= 4 is 28.3 Å². The predicted molar refractivity (Wildman–Crippen MR) is 109 cm³/mol. The first-order chi connectivity index (χ1) is 13.6. The highest BCUT2D eigenvalue weighted by atomic mass is 35.5. The molecular formula is C21H20ClN5O. The first-order valence-corrected chi connectivity index (χ1v) is 10.0. The van der Waals surface area contributed by atoms with Gasteiger partial charge in [0.2, 0.25) is 0 Å². The highest BCUT2D eigenvalue weighted by molar-refractivity contribution is 6.31. The van der Waals surface area contributed by atoms with Gasteiger partial charge in [-0.05, 0) is 43.5 Å². The Morgan fingerprint density at radius 3 is 2.79 bits per heavy atom. The molecule has 0 aliphatic heterocycles. The van der Waals surface area contributed by atoms with Crippen LogP contribution in [0, 0.1) is 6.92 Å². The average molecular weight is 394 g/mol. The quantitative estimate of drug-likeness (QED) is 0.505. The Morgan fingerprint density at radius 1 is 1.14 bits per heavy atom. The monoisotopic (exact) mass is 393 g/mol. The van der Waals surface area contributed by atoms with Crippen LogP contribution >= 0.6 is 11.6 Å². The minimum Gasteiger partial charge on any atom is -0.283 e. The molecule has 0 bridgehead atoms. The van der Waals surface area contributed by atoms with E-state index in [2.05, 4.69) is 9.97 Å². The van der Waals surface area contributed by atoms with Crippen LogP contribution in [0.1, 0.15) is 49.4 Å². The summed E-state index contributed by atoms with van der Waals surface area (Å²) in [6, 6.07) is 7.44. The van der Waals surface area contributed by atoms with Gasteiger partial charge in [-0.25, -0.2) is 4.98 Å². The molecule has 1 aliphatic carbocycles. The number of halogens is 1. The lowest BCUT2D eigenvalue weighted by molar-refractivity contribution is 0.429. The summed E-state index contributed by atoms with van der Waals surface area (Å²) >= 11 is 6.24. The summed E-state index contributed by atoms with van der Waals surface area (Å²) in [6.45, 7) is 1.91. The third kappa shape index (κ3) is 2.71. The van der Waals surface area contributed by atoms with Crippen molar-refractivity contribution in [1.29, 1.82) is 0 Å². The molecule has 7 heteroatoms. The van der Waals surface area contributed by atoms with Crippen molar-refractivity contribution in [2.45, 2.75) is 44.9 Å². The fourth-order valence-electron chi connectivity index (χ4n) is 4.12. The van der Waals surface area contributed by atoms with E-state index in [1.165, 1.54) is 19.3 Å². The number of benzene rings is 1. The van der Waals surface area contributed by atoms with E-state index in [1.807, 2.05) is 31.2 Å². The van der Waals surface area contributed by atoms with Gasteiger partial charge in [-0.1, -0.05) is 36.9 Å². The van der Waals surface area contributed by atoms with Gasteiger partial charge in [0.15, 0.2) is 5.82 Å². The zero-order valence-corrected chi connectivity index (χ0v) is 16.4. The molecule has 28 heavy (non-hydrogen) atoms. The zero-order valence-electron chi connectivity index (χ0n) is 15.6. The van der Waals surface area contributed by atoms with Gasteiger partial charge >= 0.3 is 0 Å². The number of fused-ring (bicyclic) bond motifs is 3. The summed E-state index contributed by atoms with van der Waals surface area (Å²) in [4.78, 5) is 22.2. The van der Waals surface area contributed by atoms with Gasteiger partial charge in [0, 0.05) is 23.3 Å². The van der Waals surface area contributed by atoms with Crippen LogP contribution in [0.15, 0.2) is 41.5 Å². The van der Waals surface area contributed by atoms with Crippen LogP contribution in [-0.4, -0.2) is 24.1 Å². The van der Waals surface area contributed by atoms with Gasteiger partial charge in [-0.3, -0.25) is 9.36 Å². The van der Waals surface area contributed by atoms with Crippen molar-refractivity contribution in [1.82, 2.24) is 24.1 Å². The maximum absolute atomic E-state index is 13.2. The molecule has 6 nitrogen and oxygen atoms in total. The average Bonchev–Trinajstić information content (AvgIpc) is 3.16. The third-order valence-corrected chi connectivity index (χ3v) is 6.13. The SMILES string of the molecule is Cc1c(Cl)cccc1-n1ccc2c(cnc3nc(C4CCCCC4)nn32)c1=O. The van der Waals surface area contributed by atoms with Gasteiger partial charge in [0.05, 0.1) is 16.6 Å². The maximum atomic E-state index is 13.2. The number of hydrogen-bond acceptors (Lipinski definition) is 4. The lowest BCUT2D eigenvalue weighted by Crippen LogP contribution is -2.19. The molecular weight excluding hydrogens is 374 g/mol. The van der Waals surface area contributed by atoms with Gasteiger partial charge in [0.1, 0.15) is 0 Å². The fourth-order valence-corrected chi connectivity index (χ4v) is 4.28. The molecule has 0 atom stereocenters. The van der Waals surface area contributed by atoms with Crippen molar-refractivity contribution in [3.05, 3.63) is 63.4 Å². The smallest absolute Gasteiger partial charge is 0.266 e. The first kappa shape index (κ1) is 17.4. The number of nitrogens with zero attached hydrogens (tertiary/aromatic N) is 5. The molecule has 1 saturated carbocycles. The zero-order chi connectivity index (χ0) is 19.3. The van der Waals surface area contributed by atoms with Crippen molar-refractivity contribution in [3.8, 4) is 5.69 Å². The maximum Gasteiger partial charge on any atom is 0.266 e. The van der Waals surface area contributed by atoms with Crippen LogP contribution in [0.4, 0.5) is 0 Å². The van der Waals surface area contributed by atoms with Gasteiger partial charge < -0.3 is 0 Å². The molecule has 1 aliphatic rings. The molecule has 0 unspecified atom stereocenters. The lowest BCUT2D eigenvalue weighted by Gasteiger charge is -2.17. The predicted octanol–water partition coefficient (Wildman–Crippen LogP) is 4.44. The van der Waals surface area contributed by atoms with Crippen molar-refractivity contribution in [2.24, 2.45) is 0 Å². The summed E-state index contributed by atoms with van der Waals surface area (Å²) in [5, 5.41) is 5.85. The molecule has 1 aromatic carbocycles. The fraction of sp³-hybridized carbons (Fsp3) is 0.333. The Morgan fingerprint density at radius 2 is 1.96 bits per heavy atom. The number of hydrogen-bond donors (Lipinski definition) is 0. The molecule has 3 aromatic heterocycles. The highest BCUT2D eigenvalue weighted by Gasteiger charge is 2.21. The second-order valence-corrected chi connectivity index (χ2v) is 7.86. The topological polar surface area (TPSA) is 65.1 Å². The lowest BCUT2D eigenvalue weighted by atomic mass is 9.89. The molecule has 0 radical (unpaired) electrons. The normalized spacial score (nSPS) is 15.5. The second-order valence-electron chi connectivity index (χ2n) is 7.45. The van der Waals surface area contributed by atoms with Crippen molar-refractivity contribution < 1.29 is 0 Å². The molecule has 0 amide bonds. The number of aromatic nitrogens is 5. The van der Waals surface area contributed by atoms with Gasteiger partial charge in [-0.2, -0.15) is 9.50 Å². The highest BCUT2D eigenvalue weighted by Crippen LogP contribution is 2.31. The Hall–Kier alpha value is -2.73. The number of rotatable bonds is 2. The van der Waals surface area contributed by atoms with Crippen molar-refractivity contribution in [3.63, 3.8) is 0 Å². The van der Waals surface area contributed by atoms with Crippen LogP contribution in [0.5, 0.6) is 0 Å². The van der Waals surface area contributed by atoms with E-state index < -0.39 is 0 Å². The van der Waals surface area contributed by atoms with E-state index in [0.717, 1.165) is 35.4 Å². The standard InChI is InChI=1S/C21H20ClN5O/c1-13-16(22)8-5-9-17(13)26-11-10-18-15(20(26)28)12-23-21-24-19(25-27(18)21)14-6-3-2-4-7-14/h5,8-12,14H,2-4,6-7H2,1H3. The molecule has 5 rings (SSSR count). The number of pyridine rings is 1. The molecule has 4 aromatic rings. The van der Waals surface area contributed by atoms with Crippen molar-refractivity contribution in [2.75, 3.05) is 0 Å². The summed E-state index contributed by atoms with van der Waals surface area (Å²) in [5.41, 5.74) is 2.20. The van der Waals surface area contributed by atoms with Crippen LogP contribution in [-0.2, 0) is 0 Å². The Labute approximate surface area is 166 Å². The second kappa shape index (κ2) is 6.71. The Balaban J connectivity index is 1.68. The van der Waals surface area contributed by atoms with Gasteiger partial charge in [-0.15, -0.1) is 5.10 Å². The molecule has 142 valence electrons. The van der Waals surface area contributed by atoms with Gasteiger partial charge in [0.25, 0.3) is 11.3 Å². The van der Waals surface area contributed by atoms with E-state index in [9.17, 15) is 4.79 Å². The molecule has 0 saturated heterocycles. The Kier molecular flexibility index (Phi) is 4.16. The first-order valence-electron chi connectivity index (χ1n) is 9.66. The minimum absolute atomic E-state index is 0.146. The summed E-state index contributed by atoms with van der Waals surface area (Å²) in [7, 11) is 0. The molecule has 0 N–H and O–H groups in total. The van der Waals surface area contributed by atoms with E-state index in [4.69, 9.17) is 16.7 Å². The Bertz CT molecular complexity index is 1250.